The number of hydrogen-bond donors (Lipinski definition) is 2. The van der Waals surface area contributed by atoms with Gasteiger partial charge in [-0.1, -0.05) is 29.8 Å². The molecule has 1 atom stereocenters. The fourth-order valence-electron chi connectivity index (χ4n) is 2.14. The second kappa shape index (κ2) is 6.84. The van der Waals surface area contributed by atoms with E-state index in [1.165, 1.54) is 12.1 Å². The molecular formula is C15H15N3O5. The smallest absolute Gasteiger partial charge is 0.299 e. The van der Waals surface area contributed by atoms with Gasteiger partial charge in [0.1, 0.15) is 5.69 Å². The molecule has 0 bridgehead atoms. The van der Waals surface area contributed by atoms with Crippen molar-refractivity contribution in [3.05, 3.63) is 73.8 Å². The van der Waals surface area contributed by atoms with E-state index in [-0.39, 0.29) is 17.9 Å². The minimum Gasteiger partial charge on any atom is -0.387 e. The number of nitro benzene ring substituents is 2. The Labute approximate surface area is 131 Å². The summed E-state index contributed by atoms with van der Waals surface area (Å²) in [5.74, 6) is 0. The van der Waals surface area contributed by atoms with E-state index in [1.807, 2.05) is 25.1 Å². The summed E-state index contributed by atoms with van der Waals surface area (Å²) in [6, 6.07) is 10.6. The first-order chi connectivity index (χ1) is 10.9. The number of anilines is 1. The number of non-ortho nitro benzene ring substituents is 1. The lowest BCUT2D eigenvalue weighted by atomic mass is 10.1. The number of hydrogen-bond acceptors (Lipinski definition) is 6. The predicted molar refractivity (Wildman–Crippen MR) is 84.4 cm³/mol. The Bertz CT molecular complexity index is 748. The number of nitrogens with zero attached hydrogens (tertiary/aromatic N) is 2. The SMILES string of the molecule is Cc1cccc(C(O)CNc2ccc([N+](=O)[O-])cc2[N+](=O)[O-])c1. The third-order valence-electron chi connectivity index (χ3n) is 3.30. The molecule has 0 heterocycles. The van der Waals surface area contributed by atoms with E-state index in [0.29, 0.717) is 5.56 Å². The molecule has 1 unspecified atom stereocenters. The zero-order valence-corrected chi connectivity index (χ0v) is 12.3. The summed E-state index contributed by atoms with van der Waals surface area (Å²) in [4.78, 5) is 20.3. The molecule has 8 heteroatoms. The topological polar surface area (TPSA) is 119 Å². The molecule has 0 spiro atoms. The van der Waals surface area contributed by atoms with Gasteiger partial charge in [-0.3, -0.25) is 20.2 Å². The third kappa shape index (κ3) is 4.01. The van der Waals surface area contributed by atoms with Crippen molar-refractivity contribution in [3.63, 3.8) is 0 Å². The molecule has 8 nitrogen and oxygen atoms in total. The summed E-state index contributed by atoms with van der Waals surface area (Å²) in [6.45, 7) is 1.94. The Kier molecular flexibility index (Phi) is 4.87. The van der Waals surface area contributed by atoms with Crippen LogP contribution in [0.2, 0.25) is 0 Å². The minimum absolute atomic E-state index is 0.0438. The zero-order chi connectivity index (χ0) is 17.0. The van der Waals surface area contributed by atoms with Gasteiger partial charge in [-0.15, -0.1) is 0 Å². The summed E-state index contributed by atoms with van der Waals surface area (Å²) in [5, 5.41) is 34.6. The van der Waals surface area contributed by atoms with Crippen molar-refractivity contribution >= 4 is 17.1 Å². The lowest BCUT2D eigenvalue weighted by Crippen LogP contribution is -2.13. The molecular weight excluding hydrogens is 302 g/mol. The Morgan fingerprint density at radius 2 is 1.87 bits per heavy atom. The second-order valence-electron chi connectivity index (χ2n) is 5.03. The van der Waals surface area contributed by atoms with Crippen molar-refractivity contribution < 1.29 is 15.0 Å². The maximum absolute atomic E-state index is 11.0. The van der Waals surface area contributed by atoms with Crippen molar-refractivity contribution in [1.82, 2.24) is 0 Å². The second-order valence-corrected chi connectivity index (χ2v) is 5.03. The number of nitrogens with one attached hydrogen (secondary N) is 1. The Balaban J connectivity index is 2.16. The third-order valence-corrected chi connectivity index (χ3v) is 3.30. The minimum atomic E-state index is -0.857. The summed E-state index contributed by atoms with van der Waals surface area (Å²) >= 11 is 0. The largest absolute Gasteiger partial charge is 0.387 e. The molecule has 2 N–H and O–H groups in total. The molecule has 2 aromatic rings. The van der Waals surface area contributed by atoms with Crippen molar-refractivity contribution in [2.45, 2.75) is 13.0 Å². The fourth-order valence-corrected chi connectivity index (χ4v) is 2.14. The van der Waals surface area contributed by atoms with Crippen molar-refractivity contribution in [2.24, 2.45) is 0 Å². The molecule has 0 amide bonds. The number of benzene rings is 2. The van der Waals surface area contributed by atoms with Crippen LogP contribution in [0.4, 0.5) is 17.1 Å². The molecule has 2 rings (SSSR count). The molecule has 0 aliphatic heterocycles. The Hall–Kier alpha value is -3.00. The van der Waals surface area contributed by atoms with Crippen LogP contribution < -0.4 is 5.32 Å². The van der Waals surface area contributed by atoms with E-state index >= 15 is 0 Å². The number of aryl methyl sites for hydroxylation is 1. The van der Waals surface area contributed by atoms with Gasteiger partial charge < -0.3 is 10.4 Å². The summed E-state index contributed by atoms with van der Waals surface area (Å²) < 4.78 is 0. The van der Waals surface area contributed by atoms with E-state index in [4.69, 9.17) is 0 Å². The van der Waals surface area contributed by atoms with Crippen molar-refractivity contribution in [3.8, 4) is 0 Å². The van der Waals surface area contributed by atoms with Crippen LogP contribution in [-0.2, 0) is 0 Å². The van der Waals surface area contributed by atoms with E-state index in [9.17, 15) is 25.3 Å². The fraction of sp³-hybridized carbons (Fsp3) is 0.200. The van der Waals surface area contributed by atoms with Gasteiger partial charge in [-0.05, 0) is 18.6 Å². The molecule has 0 saturated heterocycles. The van der Waals surface area contributed by atoms with Gasteiger partial charge in [0, 0.05) is 12.6 Å². The number of rotatable bonds is 6. The number of aliphatic hydroxyl groups is 1. The summed E-state index contributed by atoms with van der Waals surface area (Å²) in [5.41, 5.74) is 1.02. The van der Waals surface area contributed by atoms with Crippen LogP contribution in [0.25, 0.3) is 0 Å². The lowest BCUT2D eigenvalue weighted by molar-refractivity contribution is -0.393. The van der Waals surface area contributed by atoms with E-state index in [1.54, 1.807) is 6.07 Å². The lowest BCUT2D eigenvalue weighted by Gasteiger charge is -2.13. The van der Waals surface area contributed by atoms with Crippen molar-refractivity contribution in [2.75, 3.05) is 11.9 Å². The van der Waals surface area contributed by atoms with Gasteiger partial charge in [-0.2, -0.15) is 0 Å². The van der Waals surface area contributed by atoms with Gasteiger partial charge in [0.05, 0.1) is 22.0 Å². The zero-order valence-electron chi connectivity index (χ0n) is 12.3. The van der Waals surface area contributed by atoms with E-state index < -0.39 is 21.6 Å². The first kappa shape index (κ1) is 16.4. The van der Waals surface area contributed by atoms with Gasteiger partial charge in [0.2, 0.25) is 0 Å². The number of nitro groups is 2. The molecule has 0 aliphatic rings. The van der Waals surface area contributed by atoms with E-state index in [0.717, 1.165) is 11.6 Å². The van der Waals surface area contributed by atoms with Crippen LogP contribution in [-0.4, -0.2) is 21.5 Å². The Morgan fingerprint density at radius 3 is 2.48 bits per heavy atom. The Morgan fingerprint density at radius 1 is 1.13 bits per heavy atom. The maximum atomic E-state index is 11.0. The summed E-state index contributed by atoms with van der Waals surface area (Å²) in [6.07, 6.45) is -0.857. The highest BCUT2D eigenvalue weighted by molar-refractivity contribution is 5.65. The first-order valence-corrected chi connectivity index (χ1v) is 6.80. The quantitative estimate of drug-likeness (QED) is 0.624. The van der Waals surface area contributed by atoms with Crippen LogP contribution in [0, 0.1) is 27.2 Å². The van der Waals surface area contributed by atoms with Crippen LogP contribution in [0.1, 0.15) is 17.2 Å². The predicted octanol–water partition coefficient (Wildman–Crippen LogP) is 2.96. The van der Waals surface area contributed by atoms with Gasteiger partial charge in [0.25, 0.3) is 11.4 Å². The standard InChI is InChI=1S/C15H15N3O5/c1-10-3-2-4-11(7-10)15(19)9-16-13-6-5-12(17(20)21)8-14(13)18(22)23/h2-8,15-16,19H,9H2,1H3. The molecule has 0 aliphatic carbocycles. The molecule has 0 aromatic heterocycles. The molecule has 2 aromatic carbocycles. The van der Waals surface area contributed by atoms with Crippen LogP contribution in [0.3, 0.4) is 0 Å². The van der Waals surface area contributed by atoms with Crippen LogP contribution in [0.15, 0.2) is 42.5 Å². The monoisotopic (exact) mass is 317 g/mol. The van der Waals surface area contributed by atoms with E-state index in [2.05, 4.69) is 5.32 Å². The normalized spacial score (nSPS) is 11.7. The maximum Gasteiger partial charge on any atom is 0.299 e. The van der Waals surface area contributed by atoms with Crippen LogP contribution >= 0.6 is 0 Å². The highest BCUT2D eigenvalue weighted by Gasteiger charge is 2.20. The molecule has 120 valence electrons. The van der Waals surface area contributed by atoms with Gasteiger partial charge >= 0.3 is 0 Å². The van der Waals surface area contributed by atoms with Crippen LogP contribution in [0.5, 0.6) is 0 Å². The summed E-state index contributed by atoms with van der Waals surface area (Å²) in [7, 11) is 0. The van der Waals surface area contributed by atoms with Gasteiger partial charge in [0.15, 0.2) is 0 Å². The molecule has 0 fully saturated rings. The molecule has 23 heavy (non-hydrogen) atoms. The average molecular weight is 317 g/mol. The molecule has 0 saturated carbocycles. The van der Waals surface area contributed by atoms with Gasteiger partial charge in [-0.25, -0.2) is 0 Å². The first-order valence-electron chi connectivity index (χ1n) is 6.80. The van der Waals surface area contributed by atoms with Crippen molar-refractivity contribution in [1.29, 1.82) is 0 Å². The number of aliphatic hydroxyl groups excluding tert-OH is 1. The molecule has 0 radical (unpaired) electrons. The highest BCUT2D eigenvalue weighted by atomic mass is 16.6. The average Bonchev–Trinajstić information content (AvgIpc) is 2.52. The highest BCUT2D eigenvalue weighted by Crippen LogP contribution is 2.29.